The van der Waals surface area contributed by atoms with E-state index in [1.165, 1.54) is 144 Å². The molecule has 296 valence electrons. The van der Waals surface area contributed by atoms with Crippen LogP contribution in [-0.4, -0.2) is 11.4 Å². The van der Waals surface area contributed by atoms with Crippen molar-refractivity contribution in [1.82, 2.24) is 0 Å². The molecule has 0 unspecified atom stereocenters. The molecule has 2 nitrogen and oxygen atoms in total. The van der Waals surface area contributed by atoms with Crippen LogP contribution in [0.3, 0.4) is 0 Å². The summed E-state index contributed by atoms with van der Waals surface area (Å²) in [5, 5.41) is 0. The quantitative estimate of drug-likeness (QED) is 0.0307. The summed E-state index contributed by atoms with van der Waals surface area (Å²) in [5.74, 6) is 0. The van der Waals surface area contributed by atoms with Crippen molar-refractivity contribution in [2.24, 2.45) is 9.98 Å². The second-order valence-corrected chi connectivity index (χ2v) is 15.1. The molecule has 0 aliphatic rings. The van der Waals surface area contributed by atoms with Crippen LogP contribution < -0.4 is 0 Å². The maximum Gasteiger partial charge on any atom is 0.0665 e. The first-order valence-corrected chi connectivity index (χ1v) is 22.2. The maximum absolute atomic E-state index is 5.39. The largest absolute Gasteiger partial charge is 0.252 e. The van der Waals surface area contributed by atoms with E-state index in [1.807, 2.05) is 0 Å². The first-order valence-electron chi connectivity index (χ1n) is 22.2. The molecule has 0 aromatic heterocycles. The number of nitrogens with zero attached hydrogens (tertiary/aromatic N) is 2. The van der Waals surface area contributed by atoms with Crippen molar-refractivity contribution in [3.05, 3.63) is 71.3 Å². The van der Waals surface area contributed by atoms with Crippen LogP contribution in [0.5, 0.6) is 0 Å². The minimum Gasteiger partial charge on any atom is -0.252 e. The van der Waals surface area contributed by atoms with Gasteiger partial charge in [0.1, 0.15) is 0 Å². The van der Waals surface area contributed by atoms with E-state index in [2.05, 4.69) is 89.2 Å². The van der Waals surface area contributed by atoms with Gasteiger partial charge in [-0.15, -0.1) is 0 Å². The number of aliphatic imine (C=N–C) groups is 2. The van der Waals surface area contributed by atoms with E-state index in [1.54, 1.807) is 0 Å². The monoisotopic (exact) mass is 755 g/mol. The van der Waals surface area contributed by atoms with Crippen molar-refractivity contribution in [3.8, 4) is 0 Å². The molecule has 0 atom stereocenters. The van der Waals surface area contributed by atoms with Gasteiger partial charge in [0.2, 0.25) is 0 Å². The molecular formula is C49H80N2Ni. The van der Waals surface area contributed by atoms with Crippen molar-refractivity contribution >= 4 is 22.8 Å². The Hall–Kier alpha value is -1.99. The fourth-order valence-electron chi connectivity index (χ4n) is 7.17. The van der Waals surface area contributed by atoms with Gasteiger partial charge in [0.25, 0.3) is 0 Å². The third-order valence-corrected chi connectivity index (χ3v) is 10.6. The first kappa shape index (κ1) is 48.0. The predicted molar refractivity (Wildman–Crippen MR) is 231 cm³/mol. The molecule has 0 amide bonds. The SMILES string of the molecule is CCCCCCCCCCCCCCCCCCCC=CCCc1ccccc1N=C(CCCC)C(CCCC)=Nc1ccc(CC)c(CC)c1.[Ni]. The summed E-state index contributed by atoms with van der Waals surface area (Å²) in [7, 11) is 0. The maximum atomic E-state index is 5.39. The number of aryl methyl sites for hydroxylation is 3. The summed E-state index contributed by atoms with van der Waals surface area (Å²) in [5.41, 5.74) is 8.79. The predicted octanol–water partition coefficient (Wildman–Crippen LogP) is 16.6. The molecule has 0 aliphatic heterocycles. The van der Waals surface area contributed by atoms with Crippen LogP contribution in [0, 0.1) is 0 Å². The molecule has 0 saturated carbocycles. The van der Waals surface area contributed by atoms with Crippen LogP contribution in [0.1, 0.15) is 212 Å². The Morgan fingerprint density at radius 2 is 0.942 bits per heavy atom. The van der Waals surface area contributed by atoms with Gasteiger partial charge >= 0.3 is 0 Å². The smallest absolute Gasteiger partial charge is 0.0665 e. The van der Waals surface area contributed by atoms with E-state index in [0.29, 0.717) is 0 Å². The van der Waals surface area contributed by atoms with Gasteiger partial charge in [0.05, 0.1) is 22.8 Å². The molecule has 0 aliphatic carbocycles. The van der Waals surface area contributed by atoms with Gasteiger partial charge in [0.15, 0.2) is 0 Å². The average Bonchev–Trinajstić information content (AvgIpc) is 3.16. The second-order valence-electron chi connectivity index (χ2n) is 15.1. The van der Waals surface area contributed by atoms with Crippen LogP contribution in [-0.2, 0) is 35.8 Å². The minimum absolute atomic E-state index is 0. The van der Waals surface area contributed by atoms with Gasteiger partial charge < -0.3 is 0 Å². The van der Waals surface area contributed by atoms with Crippen LogP contribution in [0.25, 0.3) is 0 Å². The summed E-state index contributed by atoms with van der Waals surface area (Å²) < 4.78 is 0. The van der Waals surface area contributed by atoms with Gasteiger partial charge in [-0.2, -0.15) is 0 Å². The Morgan fingerprint density at radius 3 is 1.48 bits per heavy atom. The minimum atomic E-state index is 0. The van der Waals surface area contributed by atoms with E-state index >= 15 is 0 Å². The van der Waals surface area contributed by atoms with Gasteiger partial charge in [-0.05, 0) is 99.1 Å². The number of allylic oxidation sites excluding steroid dienone is 2. The Bertz CT molecular complexity index is 1230. The molecule has 3 heteroatoms. The normalized spacial score (nSPS) is 12.2. The zero-order chi connectivity index (χ0) is 36.6. The molecule has 0 spiro atoms. The topological polar surface area (TPSA) is 24.7 Å². The second kappa shape index (κ2) is 33.6. The average molecular weight is 756 g/mol. The van der Waals surface area contributed by atoms with E-state index in [-0.39, 0.29) is 16.5 Å². The van der Waals surface area contributed by atoms with Crippen molar-refractivity contribution < 1.29 is 16.5 Å². The van der Waals surface area contributed by atoms with Gasteiger partial charge in [-0.1, -0.05) is 187 Å². The van der Waals surface area contributed by atoms with E-state index in [4.69, 9.17) is 9.98 Å². The number of hydrogen-bond acceptors (Lipinski definition) is 2. The van der Waals surface area contributed by atoms with E-state index in [9.17, 15) is 0 Å². The molecule has 0 radical (unpaired) electrons. The van der Waals surface area contributed by atoms with Crippen molar-refractivity contribution in [1.29, 1.82) is 0 Å². The molecule has 0 bridgehead atoms. The van der Waals surface area contributed by atoms with E-state index < -0.39 is 0 Å². The summed E-state index contributed by atoms with van der Waals surface area (Å²) >= 11 is 0. The molecule has 2 aromatic carbocycles. The standard InChI is InChI=1S/C49H80N2.Ni/c1-6-11-14-15-16-17-18-19-20-21-22-23-24-25-26-27-28-29-30-31-32-35-45-36-33-34-39-47(45)51-49(38-13-8-3)48(37-12-7-2)50-46-41-40-43(9-4)44(10-5)42-46;/h30-31,33-34,36,39-42H,6-29,32,35,37-38H2,1-5H3;. The summed E-state index contributed by atoms with van der Waals surface area (Å²) in [4.78, 5) is 10.7. The molecule has 0 fully saturated rings. The third-order valence-electron chi connectivity index (χ3n) is 10.6. The van der Waals surface area contributed by atoms with Crippen LogP contribution in [0.4, 0.5) is 11.4 Å². The summed E-state index contributed by atoms with van der Waals surface area (Å²) in [6, 6.07) is 15.6. The molecule has 0 heterocycles. The number of benzene rings is 2. The van der Waals surface area contributed by atoms with Crippen molar-refractivity contribution in [2.75, 3.05) is 0 Å². The van der Waals surface area contributed by atoms with Crippen molar-refractivity contribution in [3.63, 3.8) is 0 Å². The van der Waals surface area contributed by atoms with Gasteiger partial charge in [-0.3, -0.25) is 9.98 Å². The molecular weight excluding hydrogens is 675 g/mol. The first-order chi connectivity index (χ1) is 25.2. The Kier molecular flexibility index (Phi) is 31.0. The number of rotatable bonds is 32. The van der Waals surface area contributed by atoms with Crippen LogP contribution in [0.2, 0.25) is 0 Å². The number of para-hydroxylation sites is 1. The molecule has 2 rings (SSSR count). The van der Waals surface area contributed by atoms with Gasteiger partial charge in [-0.25, -0.2) is 0 Å². The molecule has 2 aromatic rings. The Morgan fingerprint density at radius 1 is 0.462 bits per heavy atom. The Labute approximate surface area is 333 Å². The van der Waals surface area contributed by atoms with Crippen LogP contribution in [0.15, 0.2) is 64.6 Å². The van der Waals surface area contributed by atoms with Crippen molar-refractivity contribution in [2.45, 2.75) is 214 Å². The Balaban J connectivity index is 0.0000135. The number of hydrogen-bond donors (Lipinski definition) is 0. The molecule has 0 N–H and O–H groups in total. The van der Waals surface area contributed by atoms with E-state index in [0.717, 1.165) is 75.6 Å². The summed E-state index contributed by atoms with van der Waals surface area (Å²) in [6.45, 7) is 11.4. The zero-order valence-corrected chi connectivity index (χ0v) is 35.7. The van der Waals surface area contributed by atoms with Gasteiger partial charge in [0, 0.05) is 16.5 Å². The zero-order valence-electron chi connectivity index (χ0n) is 34.7. The molecule has 52 heavy (non-hydrogen) atoms. The fourth-order valence-corrected chi connectivity index (χ4v) is 7.17. The third kappa shape index (κ3) is 22.3. The number of unbranched alkanes of at least 4 members (excludes halogenated alkanes) is 19. The fraction of sp³-hybridized carbons (Fsp3) is 0.673. The molecule has 0 saturated heterocycles. The van der Waals surface area contributed by atoms with Crippen LogP contribution >= 0.6 is 0 Å². The summed E-state index contributed by atoms with van der Waals surface area (Å²) in [6.07, 6.45) is 41.2.